The Labute approximate surface area is 192 Å². The minimum Gasteiger partial charge on any atom is -0.472 e. The Balaban J connectivity index is 1.39. The van der Waals surface area contributed by atoms with Crippen molar-refractivity contribution in [3.05, 3.63) is 71.6 Å². The van der Waals surface area contributed by atoms with Gasteiger partial charge in [0.2, 0.25) is 5.88 Å². The van der Waals surface area contributed by atoms with Gasteiger partial charge in [-0.1, -0.05) is 0 Å². The second-order valence-corrected chi connectivity index (χ2v) is 8.64. The molecular formula is C24H20F4N4O2. The number of nitrogens with zero attached hydrogens (tertiary/aromatic N) is 4. The summed E-state index contributed by atoms with van der Waals surface area (Å²) in [4.78, 5) is 27.4. The molecule has 1 saturated carbocycles. The molecule has 3 aromatic rings. The topological polar surface area (TPSA) is 68.2 Å². The van der Waals surface area contributed by atoms with Crippen LogP contribution in [0.25, 0.3) is 11.3 Å². The van der Waals surface area contributed by atoms with E-state index in [-0.39, 0.29) is 35.1 Å². The number of pyridine rings is 3. The lowest BCUT2D eigenvalue weighted by Gasteiger charge is -2.33. The monoisotopic (exact) mass is 472 g/mol. The van der Waals surface area contributed by atoms with Crippen molar-refractivity contribution in [2.24, 2.45) is 5.92 Å². The first kappa shape index (κ1) is 22.2. The molecule has 5 rings (SSSR count). The van der Waals surface area contributed by atoms with Crippen molar-refractivity contribution in [1.29, 1.82) is 0 Å². The van der Waals surface area contributed by atoms with E-state index in [1.54, 1.807) is 24.1 Å². The molecule has 1 aliphatic carbocycles. The third kappa shape index (κ3) is 4.08. The van der Waals surface area contributed by atoms with Gasteiger partial charge in [-0.25, -0.2) is 9.37 Å². The zero-order valence-electron chi connectivity index (χ0n) is 18.1. The van der Waals surface area contributed by atoms with Gasteiger partial charge < -0.3 is 9.64 Å². The van der Waals surface area contributed by atoms with Crippen LogP contribution in [0.4, 0.5) is 17.6 Å². The van der Waals surface area contributed by atoms with Crippen LogP contribution in [0.1, 0.15) is 34.5 Å². The Morgan fingerprint density at radius 1 is 1.12 bits per heavy atom. The first-order valence-electron chi connectivity index (χ1n) is 10.8. The molecule has 0 radical (unpaired) electrons. The number of fused-ring (bicyclic) bond motifs is 2. The predicted molar refractivity (Wildman–Crippen MR) is 113 cm³/mol. The maximum absolute atomic E-state index is 14.5. The van der Waals surface area contributed by atoms with Crippen LogP contribution in [-0.2, 0) is 6.18 Å². The van der Waals surface area contributed by atoms with Crippen LogP contribution in [0.3, 0.4) is 0 Å². The number of rotatable bonds is 4. The van der Waals surface area contributed by atoms with E-state index in [0.29, 0.717) is 24.9 Å². The van der Waals surface area contributed by atoms with E-state index in [4.69, 9.17) is 4.74 Å². The highest BCUT2D eigenvalue weighted by atomic mass is 19.4. The molecule has 0 aromatic carbocycles. The minimum absolute atomic E-state index is 0.0492. The average molecular weight is 472 g/mol. The molecule has 0 spiro atoms. The van der Waals surface area contributed by atoms with E-state index in [1.165, 1.54) is 24.4 Å². The third-order valence-corrected chi connectivity index (χ3v) is 6.26. The van der Waals surface area contributed by atoms with Crippen LogP contribution in [0, 0.1) is 18.7 Å². The van der Waals surface area contributed by atoms with Crippen LogP contribution in [0.15, 0.2) is 48.9 Å². The van der Waals surface area contributed by atoms with E-state index < -0.39 is 23.7 Å². The van der Waals surface area contributed by atoms with Crippen LogP contribution >= 0.6 is 0 Å². The van der Waals surface area contributed by atoms with Crippen molar-refractivity contribution in [3.63, 3.8) is 0 Å². The number of carbonyl (C=O) groups excluding carboxylic acids is 1. The van der Waals surface area contributed by atoms with Gasteiger partial charge in [-0.3, -0.25) is 14.8 Å². The normalized spacial score (nSPS) is 21.7. The molecule has 6 nitrogen and oxygen atoms in total. The highest BCUT2D eigenvalue weighted by Gasteiger charge is 2.49. The van der Waals surface area contributed by atoms with Gasteiger partial charge >= 0.3 is 6.18 Å². The summed E-state index contributed by atoms with van der Waals surface area (Å²) in [5.74, 6) is -0.653. The number of carbonyl (C=O) groups is 1. The first-order valence-corrected chi connectivity index (χ1v) is 10.8. The van der Waals surface area contributed by atoms with E-state index in [0.717, 1.165) is 17.8 Å². The summed E-state index contributed by atoms with van der Waals surface area (Å²) in [7, 11) is 0. The Kier molecular flexibility index (Phi) is 5.45. The van der Waals surface area contributed by atoms with E-state index in [1.807, 2.05) is 0 Å². The summed E-state index contributed by atoms with van der Waals surface area (Å²) in [6.45, 7) is 2.30. The maximum atomic E-state index is 14.5. The first-order chi connectivity index (χ1) is 16.2. The van der Waals surface area contributed by atoms with Gasteiger partial charge in [-0.2, -0.15) is 13.2 Å². The van der Waals surface area contributed by atoms with Crippen molar-refractivity contribution in [3.8, 4) is 17.1 Å². The highest BCUT2D eigenvalue weighted by molar-refractivity contribution is 5.99. The molecular weight excluding hydrogens is 452 g/mol. The van der Waals surface area contributed by atoms with Gasteiger partial charge in [0, 0.05) is 36.8 Å². The fourth-order valence-corrected chi connectivity index (χ4v) is 4.74. The number of likely N-dealkylation sites (tertiary alicyclic amines) is 1. The Bertz CT molecular complexity index is 1230. The summed E-state index contributed by atoms with van der Waals surface area (Å²) in [6.07, 6.45) is 0.214. The lowest BCUT2D eigenvalue weighted by molar-refractivity contribution is -0.137. The van der Waals surface area contributed by atoms with Gasteiger partial charge in [0.05, 0.1) is 11.6 Å². The lowest BCUT2D eigenvalue weighted by atomic mass is 10.0. The summed E-state index contributed by atoms with van der Waals surface area (Å²) < 4.78 is 58.7. The SMILES string of the molecule is Cc1cnc(C(=O)N2C[C@H]3C[C@@H](Oc4ccc(C(F)(F)F)cn4)[C@@H]2C3)c(-c2ncccc2F)c1. The molecule has 4 heterocycles. The molecule has 1 saturated heterocycles. The number of hydrogen-bond donors (Lipinski definition) is 0. The number of ether oxygens (including phenoxy) is 1. The van der Waals surface area contributed by atoms with Crippen LogP contribution in [0.5, 0.6) is 5.88 Å². The number of aromatic nitrogens is 3. The summed E-state index contributed by atoms with van der Waals surface area (Å²) in [5.41, 5.74) is 0.363. The Morgan fingerprint density at radius 2 is 1.94 bits per heavy atom. The number of piperidine rings is 1. The molecule has 0 unspecified atom stereocenters. The van der Waals surface area contributed by atoms with Crippen molar-refractivity contribution in [2.75, 3.05) is 6.54 Å². The Morgan fingerprint density at radius 3 is 2.62 bits per heavy atom. The summed E-state index contributed by atoms with van der Waals surface area (Å²) in [5, 5.41) is 0. The number of hydrogen-bond acceptors (Lipinski definition) is 5. The van der Waals surface area contributed by atoms with Crippen molar-refractivity contribution in [2.45, 2.75) is 38.1 Å². The van der Waals surface area contributed by atoms with E-state index in [2.05, 4.69) is 15.0 Å². The number of halogens is 4. The summed E-state index contributed by atoms with van der Waals surface area (Å²) in [6, 6.07) is 6.25. The molecule has 1 amide bonds. The Hall–Kier alpha value is -3.56. The molecule has 3 aromatic heterocycles. The minimum atomic E-state index is -4.48. The fourth-order valence-electron chi connectivity index (χ4n) is 4.74. The molecule has 2 aliphatic rings. The highest BCUT2D eigenvalue weighted by Crippen LogP contribution is 2.41. The maximum Gasteiger partial charge on any atom is 0.417 e. The van der Waals surface area contributed by atoms with E-state index in [9.17, 15) is 22.4 Å². The van der Waals surface area contributed by atoms with Gasteiger partial charge in [-0.15, -0.1) is 0 Å². The second-order valence-electron chi connectivity index (χ2n) is 8.64. The lowest BCUT2D eigenvalue weighted by Crippen LogP contribution is -2.47. The van der Waals surface area contributed by atoms with E-state index >= 15 is 0 Å². The quantitative estimate of drug-likeness (QED) is 0.516. The van der Waals surface area contributed by atoms with Gasteiger partial charge in [0.1, 0.15) is 23.3 Å². The van der Waals surface area contributed by atoms with Crippen LogP contribution in [0.2, 0.25) is 0 Å². The zero-order valence-corrected chi connectivity index (χ0v) is 18.1. The van der Waals surface area contributed by atoms with Crippen molar-refractivity contribution < 1.29 is 27.1 Å². The second kappa shape index (κ2) is 8.34. The molecule has 0 N–H and O–H groups in total. The third-order valence-electron chi connectivity index (χ3n) is 6.26. The molecule has 1 aliphatic heterocycles. The molecule has 10 heteroatoms. The smallest absolute Gasteiger partial charge is 0.417 e. The molecule has 2 fully saturated rings. The van der Waals surface area contributed by atoms with Crippen molar-refractivity contribution >= 4 is 5.91 Å². The largest absolute Gasteiger partial charge is 0.472 e. The van der Waals surface area contributed by atoms with Crippen LogP contribution in [-0.4, -0.2) is 44.4 Å². The average Bonchev–Trinajstić information content (AvgIpc) is 3.39. The number of amides is 1. The van der Waals surface area contributed by atoms with Crippen molar-refractivity contribution in [1.82, 2.24) is 19.9 Å². The molecule has 3 atom stereocenters. The fraction of sp³-hybridized carbons (Fsp3) is 0.333. The predicted octanol–water partition coefficient (Wildman–Crippen LogP) is 4.69. The number of alkyl halides is 3. The molecule has 2 bridgehead atoms. The number of aryl methyl sites for hydroxylation is 1. The van der Waals surface area contributed by atoms with Gasteiger partial charge in [0.25, 0.3) is 5.91 Å². The molecule has 34 heavy (non-hydrogen) atoms. The van der Waals surface area contributed by atoms with Gasteiger partial charge in [-0.05, 0) is 55.5 Å². The molecule has 176 valence electrons. The van der Waals surface area contributed by atoms with Gasteiger partial charge in [0.15, 0.2) is 0 Å². The zero-order chi connectivity index (χ0) is 24.0. The standard InChI is InChI=1S/C24H20F4N4O2/c1-13-7-16(21-17(25)3-2-6-29-21)22(31-10-13)23(33)32-12-14-8-18(32)19(9-14)34-20-5-4-15(11-30-20)24(26,27)28/h2-7,10-11,14,18-19H,8-9,12H2,1H3/t14-,18+,19-/m1/s1. The van der Waals surface area contributed by atoms with Crippen LogP contribution < -0.4 is 4.74 Å². The summed E-state index contributed by atoms with van der Waals surface area (Å²) >= 11 is 0.